The van der Waals surface area contributed by atoms with Gasteiger partial charge in [-0.2, -0.15) is 0 Å². The molecule has 6 heterocycles. The molecule has 2 aliphatic rings. The number of likely N-dealkylation sites (N-methyl/N-ethyl adjacent to an activating group) is 2. The third-order valence-corrected chi connectivity index (χ3v) is 21.7. The van der Waals surface area contributed by atoms with Crippen LogP contribution in [0, 0.1) is 0 Å². The van der Waals surface area contributed by atoms with Crippen LogP contribution in [-0.2, 0) is 33.3 Å². The van der Waals surface area contributed by atoms with Crippen LogP contribution in [0.3, 0.4) is 0 Å². The van der Waals surface area contributed by atoms with E-state index in [2.05, 4.69) is 153 Å². The number of carbonyl (C=O) groups is 2. The SMILES string of the molecule is CCCCCC(C)(C)c1ccc(C2=C3C(=O)N(C)C(c4ccc(-c5sc6ccc7c8ccc9c(ccc%10sc(C(C)(CC)CCC=C(C)C)c(CCCC)c%109)c8ccc7c6c5CCCC)s4)=C3C(=O)N2C)s1. The van der Waals surface area contributed by atoms with Crippen molar-refractivity contribution in [2.75, 3.05) is 14.1 Å². The van der Waals surface area contributed by atoms with Crippen molar-refractivity contribution in [2.45, 2.75) is 157 Å². The first-order valence-electron chi connectivity index (χ1n) is 26.8. The second-order valence-corrected chi connectivity index (χ2v) is 26.2. The fourth-order valence-corrected chi connectivity index (χ4v) is 17.1. The molecule has 4 aromatic carbocycles. The number of amides is 2. The van der Waals surface area contributed by atoms with E-state index in [1.807, 2.05) is 25.4 Å². The van der Waals surface area contributed by atoms with E-state index in [0.717, 1.165) is 66.1 Å². The summed E-state index contributed by atoms with van der Waals surface area (Å²) in [5, 5.41) is 10.8. The third-order valence-electron chi connectivity index (χ3n) is 16.2. The maximum atomic E-state index is 14.3. The molecule has 4 nitrogen and oxygen atoms in total. The molecule has 0 saturated carbocycles. The zero-order valence-corrected chi connectivity index (χ0v) is 47.8. The summed E-state index contributed by atoms with van der Waals surface area (Å²) in [6, 6.07) is 27.9. The van der Waals surface area contributed by atoms with Gasteiger partial charge < -0.3 is 9.80 Å². The van der Waals surface area contributed by atoms with Crippen molar-refractivity contribution in [3.63, 3.8) is 0 Å². The Morgan fingerprint density at radius 2 is 1.04 bits per heavy atom. The van der Waals surface area contributed by atoms with Crippen molar-refractivity contribution in [1.29, 1.82) is 0 Å². The highest BCUT2D eigenvalue weighted by Gasteiger charge is 2.47. The molecule has 0 saturated heterocycles. The highest BCUT2D eigenvalue weighted by Crippen LogP contribution is 2.52. The summed E-state index contributed by atoms with van der Waals surface area (Å²) in [4.78, 5) is 39.4. The molecule has 0 aliphatic carbocycles. The Balaban J connectivity index is 1.06. The normalized spacial score (nSPS) is 15.3. The molecular formula is C64H72N2O2S4. The average Bonchev–Trinajstić information content (AvgIpc) is 4.24. The Morgan fingerprint density at radius 3 is 1.62 bits per heavy atom. The van der Waals surface area contributed by atoms with E-state index >= 15 is 0 Å². The largest absolute Gasteiger partial charge is 0.309 e. The molecule has 1 atom stereocenters. The molecule has 1 unspecified atom stereocenters. The second-order valence-electron chi connectivity index (χ2n) is 21.9. The van der Waals surface area contributed by atoms with Crippen LogP contribution in [0.2, 0.25) is 0 Å². The van der Waals surface area contributed by atoms with E-state index in [-0.39, 0.29) is 22.6 Å². The van der Waals surface area contributed by atoms with Gasteiger partial charge in [-0.15, -0.1) is 45.3 Å². The number of hydrogen-bond acceptors (Lipinski definition) is 6. The first-order valence-corrected chi connectivity index (χ1v) is 30.1. The van der Waals surface area contributed by atoms with Gasteiger partial charge in [0.2, 0.25) is 0 Å². The Hall–Kier alpha value is -4.86. The topological polar surface area (TPSA) is 40.6 Å². The average molecular weight is 1030 g/mol. The van der Waals surface area contributed by atoms with Gasteiger partial charge in [-0.3, -0.25) is 9.59 Å². The summed E-state index contributed by atoms with van der Waals surface area (Å²) in [7, 11) is 3.67. The van der Waals surface area contributed by atoms with Crippen molar-refractivity contribution < 1.29 is 9.59 Å². The van der Waals surface area contributed by atoms with Crippen LogP contribution in [-0.4, -0.2) is 35.7 Å². The number of rotatable bonds is 19. The summed E-state index contributed by atoms with van der Waals surface area (Å²) in [5.41, 5.74) is 7.11. The molecule has 8 aromatic rings. The number of benzene rings is 4. The molecule has 72 heavy (non-hydrogen) atoms. The molecule has 374 valence electrons. The van der Waals surface area contributed by atoms with Crippen LogP contribution in [0.1, 0.15) is 164 Å². The fraction of sp³-hybridized carbons (Fsp3) is 0.406. The number of hydrogen-bond donors (Lipinski definition) is 0. The van der Waals surface area contributed by atoms with E-state index in [4.69, 9.17) is 0 Å². The van der Waals surface area contributed by atoms with Gasteiger partial charge in [0.15, 0.2) is 0 Å². The van der Waals surface area contributed by atoms with Crippen LogP contribution in [0.4, 0.5) is 0 Å². The van der Waals surface area contributed by atoms with Crippen LogP contribution in [0.15, 0.2) is 95.6 Å². The van der Waals surface area contributed by atoms with Crippen LogP contribution in [0.25, 0.3) is 73.6 Å². The fourth-order valence-electron chi connectivity index (χ4n) is 11.8. The summed E-state index contributed by atoms with van der Waals surface area (Å²) in [5.74, 6) is -0.216. The number of unbranched alkanes of at least 4 members (excludes halogenated alkanes) is 4. The van der Waals surface area contributed by atoms with Gasteiger partial charge >= 0.3 is 0 Å². The van der Waals surface area contributed by atoms with Gasteiger partial charge in [-0.05, 0) is 150 Å². The van der Waals surface area contributed by atoms with Crippen molar-refractivity contribution >= 4 is 121 Å². The lowest BCUT2D eigenvalue weighted by molar-refractivity contribution is -0.123. The van der Waals surface area contributed by atoms with Gasteiger partial charge in [0.1, 0.15) is 0 Å². The van der Waals surface area contributed by atoms with Gasteiger partial charge in [0.05, 0.1) is 32.3 Å². The minimum absolute atomic E-state index is 0.0269. The monoisotopic (exact) mass is 1030 g/mol. The van der Waals surface area contributed by atoms with Crippen LogP contribution in [0.5, 0.6) is 0 Å². The number of fused-ring (bicyclic) bond motifs is 10. The highest BCUT2D eigenvalue weighted by molar-refractivity contribution is 7.26. The molecule has 4 aromatic heterocycles. The highest BCUT2D eigenvalue weighted by atomic mass is 32.1. The molecule has 0 spiro atoms. The Morgan fingerprint density at radius 1 is 0.542 bits per heavy atom. The van der Waals surface area contributed by atoms with Crippen molar-refractivity contribution in [3.05, 3.63) is 126 Å². The summed E-state index contributed by atoms with van der Waals surface area (Å²) < 4.78 is 2.73. The summed E-state index contributed by atoms with van der Waals surface area (Å²) in [6.07, 6.45) is 17.3. The third kappa shape index (κ3) is 8.54. The molecule has 2 amide bonds. The number of allylic oxidation sites excluding steroid dienone is 2. The first kappa shape index (κ1) is 50.7. The van der Waals surface area contributed by atoms with Crippen molar-refractivity contribution in [2.24, 2.45) is 0 Å². The van der Waals surface area contributed by atoms with Crippen molar-refractivity contribution in [1.82, 2.24) is 9.80 Å². The first-order chi connectivity index (χ1) is 34.7. The maximum absolute atomic E-state index is 14.3. The minimum atomic E-state index is -0.108. The van der Waals surface area contributed by atoms with Gasteiger partial charge in [-0.1, -0.05) is 129 Å². The predicted octanol–water partition coefficient (Wildman–Crippen LogP) is 19.4. The summed E-state index contributed by atoms with van der Waals surface area (Å²) in [6.45, 7) is 20.8. The Kier molecular flexibility index (Phi) is 14.1. The summed E-state index contributed by atoms with van der Waals surface area (Å²) >= 11 is 7.38. The Bertz CT molecular complexity index is 3540. The van der Waals surface area contributed by atoms with E-state index in [9.17, 15) is 9.59 Å². The molecule has 0 N–H and O–H groups in total. The minimum Gasteiger partial charge on any atom is -0.309 e. The lowest BCUT2D eigenvalue weighted by Crippen LogP contribution is -2.24. The van der Waals surface area contributed by atoms with Gasteiger partial charge in [-0.25, -0.2) is 0 Å². The van der Waals surface area contributed by atoms with E-state index in [0.29, 0.717) is 11.1 Å². The standard InChI is InChI=1S/C64H72N2O2S4/c1-12-16-19-36-63(7,8)52-35-34-50(70-52)58-56-55(61(67)66(58)11)57(65(10)62(56)68)49-32-33-51(69-49)59-45(22-17-13-2)53-43-26-24-40-39(41(43)28-30-47(53)71-59)25-27-44-42(40)29-31-48-54(44)46(23-18-14-3)60(72-48)64(9,15-4)37-20-21-38(5)6/h21,24-35H,12-20,22-23,36-37H2,1-11H3. The second kappa shape index (κ2) is 20.1. The molecule has 10 rings (SSSR count). The molecular weight excluding hydrogens is 957 g/mol. The smallest absolute Gasteiger partial charge is 0.261 e. The number of carbonyl (C=O) groups excluding carboxylic acids is 2. The zero-order chi connectivity index (χ0) is 50.8. The quantitative estimate of drug-likeness (QED) is 0.0460. The molecule has 0 radical (unpaired) electrons. The molecule has 8 heteroatoms. The predicted molar refractivity (Wildman–Crippen MR) is 317 cm³/mol. The van der Waals surface area contributed by atoms with E-state index in [1.54, 1.807) is 42.9 Å². The van der Waals surface area contributed by atoms with Crippen LogP contribution < -0.4 is 0 Å². The zero-order valence-electron chi connectivity index (χ0n) is 44.5. The molecule has 0 bridgehead atoms. The number of nitrogens with zero attached hydrogens (tertiary/aromatic N) is 2. The Labute approximate surface area is 444 Å². The lowest BCUT2D eigenvalue weighted by Gasteiger charge is -2.29. The number of aryl methyl sites for hydroxylation is 2. The van der Waals surface area contributed by atoms with Crippen LogP contribution >= 0.6 is 45.3 Å². The van der Waals surface area contributed by atoms with Crippen molar-refractivity contribution in [3.8, 4) is 9.75 Å². The van der Waals surface area contributed by atoms with Gasteiger partial charge in [0.25, 0.3) is 11.8 Å². The molecule has 2 aliphatic heterocycles. The number of thiophene rings is 4. The lowest BCUT2D eigenvalue weighted by atomic mass is 9.78. The maximum Gasteiger partial charge on any atom is 0.261 e. The van der Waals surface area contributed by atoms with E-state index in [1.165, 1.54) is 117 Å². The van der Waals surface area contributed by atoms with Gasteiger partial charge in [0, 0.05) is 59.2 Å². The molecule has 0 fully saturated rings. The van der Waals surface area contributed by atoms with E-state index < -0.39 is 0 Å².